The van der Waals surface area contributed by atoms with E-state index in [9.17, 15) is 0 Å². The van der Waals surface area contributed by atoms with Crippen LogP contribution < -0.4 is 67.9 Å². The fourth-order valence-corrected chi connectivity index (χ4v) is 0. The van der Waals surface area contributed by atoms with Gasteiger partial charge in [0.15, 0.2) is 0 Å². The third kappa shape index (κ3) is 23.5. The summed E-state index contributed by atoms with van der Waals surface area (Å²) < 4.78 is 0. The van der Waals surface area contributed by atoms with Crippen LogP contribution in [0.3, 0.4) is 0 Å². The molecule has 0 aliphatic heterocycles. The van der Waals surface area contributed by atoms with Crippen molar-refractivity contribution in [3.63, 3.8) is 0 Å². The van der Waals surface area contributed by atoms with E-state index in [2.05, 4.69) is 0 Å². The smallest absolute Gasteiger partial charge is 1.00 e. The number of halogens is 4. The summed E-state index contributed by atoms with van der Waals surface area (Å²) in [6.07, 6.45) is 0. The molecule has 0 saturated carbocycles. The first-order valence-electron chi connectivity index (χ1n) is 0. The first-order chi connectivity index (χ1) is 0. The van der Waals surface area contributed by atoms with Crippen molar-refractivity contribution in [2.45, 2.75) is 0 Å². The third-order valence-electron chi connectivity index (χ3n) is 0. The minimum atomic E-state index is 0. The van der Waals surface area contributed by atoms with Crippen molar-refractivity contribution in [2.75, 3.05) is 0 Å². The average molecular weight is 784 g/mol. The maximum Gasteiger partial charge on any atom is 2.00 e. The van der Waals surface area contributed by atoms with Crippen LogP contribution in [0.15, 0.2) is 0 Å². The first-order valence-corrected chi connectivity index (χ1v) is 0. The van der Waals surface area contributed by atoms with E-state index in [1.54, 1.807) is 0 Å². The Morgan fingerprint density at radius 2 is 0.333 bits per heavy atom. The molecule has 0 aliphatic carbocycles. The molecule has 6 heavy (non-hydrogen) atoms. The van der Waals surface area contributed by atoms with Gasteiger partial charge in [-0.1, -0.05) is 0 Å². The minimum Gasteiger partial charge on any atom is -1.00 e. The van der Waals surface area contributed by atoms with Crippen LogP contribution in [0.2, 0.25) is 0 Å². The van der Waals surface area contributed by atoms with Gasteiger partial charge in [0.25, 0.3) is 0 Å². The second-order valence-electron chi connectivity index (χ2n) is 0. The van der Waals surface area contributed by atoms with Crippen LogP contribution in [0.5, 0.6) is 0 Å². The van der Waals surface area contributed by atoms with E-state index < -0.39 is 0 Å². The molecule has 0 atom stereocenters. The van der Waals surface area contributed by atoms with Crippen LogP contribution in [0.1, 0.15) is 0 Å². The SMILES string of the molecule is [Br-].[Br-].[Br-].[Br-].[Th+2].[Th+2]. The van der Waals surface area contributed by atoms with E-state index in [0.717, 1.165) is 0 Å². The molecule has 0 radical (unpaired) electrons. The van der Waals surface area contributed by atoms with Crippen LogP contribution in [0.4, 0.5) is 0 Å². The monoisotopic (exact) mass is 780 g/mol. The maximum absolute atomic E-state index is 0. The zero-order valence-corrected chi connectivity index (χ0v) is 17.1. The second kappa shape index (κ2) is 33.7. The molecular formula is Br4Th2. The molecule has 0 rings (SSSR count). The van der Waals surface area contributed by atoms with Gasteiger partial charge in [-0.25, -0.2) is 0 Å². The molecule has 0 aromatic carbocycles. The summed E-state index contributed by atoms with van der Waals surface area (Å²) >= 11 is 0. The van der Waals surface area contributed by atoms with Crippen LogP contribution in [0.25, 0.3) is 0 Å². The Hall–Kier alpha value is 4.57. The molecule has 0 aromatic heterocycles. The van der Waals surface area contributed by atoms with E-state index in [1.807, 2.05) is 0 Å². The summed E-state index contributed by atoms with van der Waals surface area (Å²) in [6.45, 7) is 0. The molecule has 0 bridgehead atoms. The van der Waals surface area contributed by atoms with Crippen molar-refractivity contribution >= 4 is 0 Å². The van der Waals surface area contributed by atoms with Crippen molar-refractivity contribution in [3.05, 3.63) is 0 Å². The fourth-order valence-electron chi connectivity index (χ4n) is 0. The Morgan fingerprint density at radius 1 is 0.333 bits per heavy atom. The normalized spacial score (nSPS) is 0. The molecule has 0 aromatic rings. The van der Waals surface area contributed by atoms with Crippen LogP contribution >= 0.6 is 0 Å². The largest absolute Gasteiger partial charge is 2.00 e. The summed E-state index contributed by atoms with van der Waals surface area (Å²) in [5, 5.41) is 0. The summed E-state index contributed by atoms with van der Waals surface area (Å²) in [7, 11) is 0. The van der Waals surface area contributed by atoms with Crippen LogP contribution in [0, 0.1) is 79.9 Å². The molecule has 36 valence electrons. The van der Waals surface area contributed by atoms with Gasteiger partial charge in [0.1, 0.15) is 0 Å². The summed E-state index contributed by atoms with van der Waals surface area (Å²) in [4.78, 5) is 0. The standard InChI is InChI=1S/4BrH.2Th/h4*1H;;/q;;;;2*+2/p-4. The predicted molar refractivity (Wildman–Crippen MR) is 0 cm³/mol. The zero-order valence-electron chi connectivity index (χ0n) is 2.51. The summed E-state index contributed by atoms with van der Waals surface area (Å²) in [6, 6.07) is 0. The predicted octanol–water partition coefficient (Wildman–Crippen LogP) is -12.0. The number of rotatable bonds is 0. The Labute approximate surface area is 144 Å². The Kier molecular flexibility index (Phi) is 260. The van der Waals surface area contributed by atoms with Crippen LogP contribution in [-0.2, 0) is 0 Å². The molecule has 0 spiro atoms. The van der Waals surface area contributed by atoms with Gasteiger partial charge in [-0.05, 0) is 0 Å². The molecular weight excluding hydrogens is 784 g/mol. The van der Waals surface area contributed by atoms with Gasteiger partial charge in [-0.15, -0.1) is 0 Å². The topological polar surface area (TPSA) is 0 Å². The molecule has 0 heterocycles. The molecule has 0 saturated heterocycles. The molecule has 0 nitrogen and oxygen atoms in total. The maximum atomic E-state index is 0. The van der Waals surface area contributed by atoms with Crippen molar-refractivity contribution in [3.8, 4) is 0 Å². The zero-order chi connectivity index (χ0) is 0. The quantitative estimate of drug-likeness (QED) is 0.230. The van der Waals surface area contributed by atoms with Crippen LogP contribution in [-0.4, -0.2) is 0 Å². The van der Waals surface area contributed by atoms with Crippen molar-refractivity contribution in [2.24, 2.45) is 0 Å². The van der Waals surface area contributed by atoms with Gasteiger partial charge in [-0.2, -0.15) is 0 Å². The fraction of sp³-hybridized carbons (Fsp3) is 0. The van der Waals surface area contributed by atoms with Gasteiger partial charge in [0.05, 0.1) is 0 Å². The number of hydrogen-bond acceptors (Lipinski definition) is 0. The molecule has 0 N–H and O–H groups in total. The van der Waals surface area contributed by atoms with E-state index in [-0.39, 0.29) is 148 Å². The molecule has 0 aliphatic rings. The van der Waals surface area contributed by atoms with E-state index in [4.69, 9.17) is 0 Å². The van der Waals surface area contributed by atoms with Crippen molar-refractivity contribution in [1.29, 1.82) is 0 Å². The Balaban J connectivity index is 0. The second-order valence-corrected chi connectivity index (χ2v) is 0. The average Bonchev–Trinajstić information content (AvgIpc) is 0. The van der Waals surface area contributed by atoms with E-state index in [1.165, 1.54) is 0 Å². The van der Waals surface area contributed by atoms with Gasteiger partial charge in [0, 0.05) is 0 Å². The van der Waals surface area contributed by atoms with Gasteiger partial charge < -0.3 is 67.9 Å². The molecule has 0 fully saturated rings. The first kappa shape index (κ1) is 46.4. The summed E-state index contributed by atoms with van der Waals surface area (Å²) in [5.74, 6) is 0. The van der Waals surface area contributed by atoms with Crippen molar-refractivity contribution in [1.82, 2.24) is 0 Å². The van der Waals surface area contributed by atoms with Gasteiger partial charge >= 0.3 is 79.9 Å². The number of hydrogen-bond donors (Lipinski definition) is 0. The summed E-state index contributed by atoms with van der Waals surface area (Å²) in [5.41, 5.74) is 0. The molecule has 0 amide bonds. The molecule has 6 heteroatoms. The van der Waals surface area contributed by atoms with E-state index >= 15 is 0 Å². The minimum absolute atomic E-state index is 0. The van der Waals surface area contributed by atoms with Crippen molar-refractivity contribution < 1.29 is 148 Å². The van der Waals surface area contributed by atoms with Gasteiger partial charge in [0.2, 0.25) is 0 Å². The third-order valence-corrected chi connectivity index (χ3v) is 0. The van der Waals surface area contributed by atoms with Gasteiger partial charge in [-0.3, -0.25) is 0 Å². The Bertz CT molecular complexity index is 5.51. The molecule has 0 unspecified atom stereocenters. The van der Waals surface area contributed by atoms with E-state index in [0.29, 0.717) is 0 Å². The Morgan fingerprint density at radius 3 is 0.333 bits per heavy atom.